The maximum Gasteiger partial charge on any atom is 0.326 e. The maximum atomic E-state index is 10.8. The fourth-order valence-corrected chi connectivity index (χ4v) is 4.26. The summed E-state index contributed by atoms with van der Waals surface area (Å²) < 4.78 is 0. The van der Waals surface area contributed by atoms with Crippen LogP contribution in [0.4, 0.5) is 0 Å². The Labute approximate surface area is 211 Å². The zero-order valence-electron chi connectivity index (χ0n) is 19.9. The second-order valence-corrected chi connectivity index (χ2v) is 8.87. The van der Waals surface area contributed by atoms with Crippen molar-refractivity contribution in [3.63, 3.8) is 0 Å². The summed E-state index contributed by atoms with van der Waals surface area (Å²) in [5, 5.41) is 15.5. The highest BCUT2D eigenvalue weighted by molar-refractivity contribution is 6.30. The Kier molecular flexibility index (Phi) is 10.3. The summed E-state index contributed by atoms with van der Waals surface area (Å²) >= 11 is 6.02. The number of halogens is 1. The van der Waals surface area contributed by atoms with Gasteiger partial charge < -0.3 is 15.7 Å². The van der Waals surface area contributed by atoms with Gasteiger partial charge in [-0.2, -0.15) is 0 Å². The van der Waals surface area contributed by atoms with Crippen molar-refractivity contribution in [1.29, 1.82) is 0 Å². The Morgan fingerprint density at radius 2 is 1.46 bits per heavy atom. The fraction of sp³-hybridized carbons (Fsp3) is 0.286. The third-order valence-electron chi connectivity index (χ3n) is 5.78. The molecule has 0 spiro atoms. The summed E-state index contributed by atoms with van der Waals surface area (Å²) in [6.45, 7) is 5.55. The van der Waals surface area contributed by atoms with Crippen molar-refractivity contribution >= 4 is 23.5 Å². The third-order valence-corrected chi connectivity index (χ3v) is 6.03. The first kappa shape index (κ1) is 26.4. The number of nitrogens with zero attached hydrogens (tertiary/aromatic N) is 1. The molecule has 0 saturated carbocycles. The second-order valence-electron chi connectivity index (χ2n) is 8.43. The number of hydrogen-bond acceptors (Lipinski definition) is 4. The molecule has 35 heavy (non-hydrogen) atoms. The van der Waals surface area contributed by atoms with E-state index in [0.717, 1.165) is 36.8 Å². The molecule has 1 heterocycles. The van der Waals surface area contributed by atoms with Crippen molar-refractivity contribution < 1.29 is 14.7 Å². The van der Waals surface area contributed by atoms with Crippen LogP contribution in [-0.2, 0) is 16.0 Å². The molecule has 3 N–H and O–H groups in total. The van der Waals surface area contributed by atoms with E-state index in [9.17, 15) is 9.59 Å². The summed E-state index contributed by atoms with van der Waals surface area (Å²) in [6.07, 6.45) is 0.301. The van der Waals surface area contributed by atoms with Crippen LogP contribution in [0.3, 0.4) is 0 Å². The average molecular weight is 494 g/mol. The zero-order chi connectivity index (χ0) is 25.0. The number of rotatable bonds is 7. The minimum absolute atomic E-state index is 0.301. The van der Waals surface area contributed by atoms with Crippen molar-refractivity contribution in [3.05, 3.63) is 107 Å². The predicted octanol–water partition coefficient (Wildman–Crippen LogP) is 4.15. The SMILES string of the molecule is CC(=O)N[C@@H](Cc1ccccc1)C(=O)O.Clc1ccc([C@@H](c2ccccc2)N2CCNCC2)cc1. The Bertz CT molecular complexity index is 1060. The summed E-state index contributed by atoms with van der Waals surface area (Å²) in [7, 11) is 0. The topological polar surface area (TPSA) is 81.7 Å². The molecule has 0 aromatic heterocycles. The molecule has 1 aliphatic rings. The highest BCUT2D eigenvalue weighted by Crippen LogP contribution is 2.29. The van der Waals surface area contributed by atoms with E-state index in [1.165, 1.54) is 18.1 Å². The first-order valence-electron chi connectivity index (χ1n) is 11.7. The van der Waals surface area contributed by atoms with Gasteiger partial charge in [-0.15, -0.1) is 0 Å². The molecular weight excluding hydrogens is 462 g/mol. The number of carbonyl (C=O) groups excluding carboxylic acids is 1. The molecule has 2 atom stereocenters. The number of hydrogen-bond donors (Lipinski definition) is 3. The van der Waals surface area contributed by atoms with Gasteiger partial charge in [0.2, 0.25) is 5.91 Å². The van der Waals surface area contributed by atoms with Crippen LogP contribution in [0.15, 0.2) is 84.9 Å². The van der Waals surface area contributed by atoms with Crippen LogP contribution in [0.25, 0.3) is 0 Å². The van der Waals surface area contributed by atoms with Crippen molar-refractivity contribution in [2.45, 2.75) is 25.4 Å². The Balaban J connectivity index is 0.000000205. The van der Waals surface area contributed by atoms with E-state index in [1.54, 1.807) is 0 Å². The molecule has 3 aromatic carbocycles. The smallest absolute Gasteiger partial charge is 0.326 e. The van der Waals surface area contributed by atoms with Gasteiger partial charge in [0, 0.05) is 44.5 Å². The van der Waals surface area contributed by atoms with Gasteiger partial charge in [-0.3, -0.25) is 9.69 Å². The van der Waals surface area contributed by atoms with Gasteiger partial charge >= 0.3 is 5.97 Å². The molecule has 6 nitrogen and oxygen atoms in total. The van der Waals surface area contributed by atoms with E-state index in [4.69, 9.17) is 16.7 Å². The molecule has 0 radical (unpaired) electrons. The summed E-state index contributed by atoms with van der Waals surface area (Å²) in [6, 6.07) is 27.6. The molecule has 1 amide bonds. The predicted molar refractivity (Wildman–Crippen MR) is 140 cm³/mol. The average Bonchev–Trinajstić information content (AvgIpc) is 2.87. The number of amides is 1. The molecule has 0 bridgehead atoms. The number of piperazine rings is 1. The summed E-state index contributed by atoms with van der Waals surface area (Å²) in [5.41, 5.74) is 3.54. The summed E-state index contributed by atoms with van der Waals surface area (Å²) in [5.74, 6) is -1.35. The van der Waals surface area contributed by atoms with E-state index < -0.39 is 12.0 Å². The lowest BCUT2D eigenvalue weighted by Gasteiger charge is -2.35. The molecule has 4 rings (SSSR count). The molecule has 0 aliphatic carbocycles. The van der Waals surface area contributed by atoms with E-state index >= 15 is 0 Å². The molecule has 0 unspecified atom stereocenters. The Morgan fingerprint density at radius 3 is 2.00 bits per heavy atom. The molecule has 1 fully saturated rings. The van der Waals surface area contributed by atoms with Gasteiger partial charge in [-0.05, 0) is 28.8 Å². The van der Waals surface area contributed by atoms with Crippen LogP contribution in [-0.4, -0.2) is 54.1 Å². The number of aliphatic carboxylic acids is 1. The van der Waals surface area contributed by atoms with Crippen LogP contribution in [0.1, 0.15) is 29.7 Å². The molecule has 1 saturated heterocycles. The van der Waals surface area contributed by atoms with E-state index in [0.29, 0.717) is 12.5 Å². The minimum atomic E-state index is -1.02. The highest BCUT2D eigenvalue weighted by atomic mass is 35.5. The van der Waals surface area contributed by atoms with Gasteiger partial charge in [-0.25, -0.2) is 4.79 Å². The third kappa shape index (κ3) is 8.51. The van der Waals surface area contributed by atoms with Crippen molar-refractivity contribution in [1.82, 2.24) is 15.5 Å². The lowest BCUT2D eigenvalue weighted by molar-refractivity contribution is -0.141. The van der Waals surface area contributed by atoms with Crippen molar-refractivity contribution in [2.75, 3.05) is 26.2 Å². The molecule has 1 aliphatic heterocycles. The first-order valence-corrected chi connectivity index (χ1v) is 12.1. The fourth-order valence-electron chi connectivity index (χ4n) is 4.13. The van der Waals surface area contributed by atoms with E-state index in [-0.39, 0.29) is 5.91 Å². The lowest BCUT2D eigenvalue weighted by Crippen LogP contribution is -2.45. The standard InChI is InChI=1S/C17H19ClN2.C11H13NO3/c18-16-8-6-15(7-9-16)17(14-4-2-1-3-5-14)20-12-10-19-11-13-20;1-8(13)12-10(11(14)15)7-9-5-3-2-4-6-9/h1-9,17,19H,10-13H2;2-6,10H,7H2,1H3,(H,12,13)(H,14,15)/t17-;10-/m10/s1. The first-order chi connectivity index (χ1) is 16.9. The van der Waals surface area contributed by atoms with Crippen molar-refractivity contribution in [3.8, 4) is 0 Å². The minimum Gasteiger partial charge on any atom is -0.480 e. The number of carboxylic acid groups (broad SMARTS) is 1. The van der Waals surface area contributed by atoms with Gasteiger partial charge in [0.05, 0.1) is 6.04 Å². The van der Waals surface area contributed by atoms with Gasteiger partial charge in [0.15, 0.2) is 0 Å². The number of carbonyl (C=O) groups is 2. The molecular formula is C28H32ClN3O3. The number of nitrogens with one attached hydrogen (secondary N) is 2. The lowest BCUT2D eigenvalue weighted by atomic mass is 9.96. The molecule has 3 aromatic rings. The van der Waals surface area contributed by atoms with Crippen LogP contribution >= 0.6 is 11.6 Å². The Hall–Kier alpha value is -3.19. The second kappa shape index (κ2) is 13.6. The quantitative estimate of drug-likeness (QED) is 0.460. The molecule has 184 valence electrons. The monoisotopic (exact) mass is 493 g/mol. The van der Waals surface area contributed by atoms with Crippen LogP contribution in [0.5, 0.6) is 0 Å². The van der Waals surface area contributed by atoms with Gasteiger partial charge in [-0.1, -0.05) is 84.4 Å². The largest absolute Gasteiger partial charge is 0.480 e. The Morgan fingerprint density at radius 1 is 0.914 bits per heavy atom. The maximum absolute atomic E-state index is 10.8. The highest BCUT2D eigenvalue weighted by Gasteiger charge is 2.23. The summed E-state index contributed by atoms with van der Waals surface area (Å²) in [4.78, 5) is 24.1. The van der Waals surface area contributed by atoms with Crippen LogP contribution < -0.4 is 10.6 Å². The van der Waals surface area contributed by atoms with Crippen molar-refractivity contribution in [2.24, 2.45) is 0 Å². The normalized spacial score (nSPS) is 15.3. The van der Waals surface area contributed by atoms with E-state index in [2.05, 4.69) is 58.0 Å². The van der Waals surface area contributed by atoms with Gasteiger partial charge in [0.25, 0.3) is 0 Å². The van der Waals surface area contributed by atoms with Crippen LogP contribution in [0.2, 0.25) is 5.02 Å². The number of carboxylic acids is 1. The zero-order valence-corrected chi connectivity index (χ0v) is 20.6. The number of benzene rings is 3. The van der Waals surface area contributed by atoms with Crippen LogP contribution in [0, 0.1) is 0 Å². The van der Waals surface area contributed by atoms with Gasteiger partial charge in [0.1, 0.15) is 6.04 Å². The van der Waals surface area contributed by atoms with E-state index in [1.807, 2.05) is 42.5 Å². The molecule has 7 heteroatoms.